The number of nitrogens with two attached hydrogens (primary N) is 1. The summed E-state index contributed by atoms with van der Waals surface area (Å²) < 4.78 is 0. The van der Waals surface area contributed by atoms with Crippen LogP contribution >= 0.6 is 23.8 Å². The van der Waals surface area contributed by atoms with E-state index in [1.165, 1.54) is 16.5 Å². The van der Waals surface area contributed by atoms with E-state index in [9.17, 15) is 0 Å². The molecule has 2 aromatic carbocycles. The van der Waals surface area contributed by atoms with Gasteiger partial charge >= 0.3 is 0 Å². The van der Waals surface area contributed by atoms with Crippen LogP contribution in [0.3, 0.4) is 0 Å². The third kappa shape index (κ3) is 4.75. The predicted molar refractivity (Wildman–Crippen MR) is 109 cm³/mol. The molecule has 1 aromatic heterocycles. The molecule has 128 valence electrons. The van der Waals surface area contributed by atoms with E-state index in [1.54, 1.807) is 0 Å². The number of pyridine rings is 1. The molecule has 0 fully saturated rings. The Morgan fingerprint density at radius 3 is 2.56 bits per heavy atom. The van der Waals surface area contributed by atoms with Crippen molar-refractivity contribution in [2.24, 2.45) is 5.73 Å². The van der Waals surface area contributed by atoms with E-state index in [2.05, 4.69) is 28.1 Å². The van der Waals surface area contributed by atoms with Crippen LogP contribution in [0.4, 0.5) is 0 Å². The molecule has 25 heavy (non-hydrogen) atoms. The van der Waals surface area contributed by atoms with Crippen LogP contribution in [0.25, 0.3) is 10.8 Å². The van der Waals surface area contributed by atoms with Crippen molar-refractivity contribution in [2.75, 3.05) is 13.1 Å². The smallest absolute Gasteiger partial charge is 0.0827 e. The van der Waals surface area contributed by atoms with Gasteiger partial charge in [-0.05, 0) is 34.7 Å². The molecule has 0 aliphatic heterocycles. The summed E-state index contributed by atoms with van der Waals surface area (Å²) in [6, 6.07) is 16.2. The zero-order valence-corrected chi connectivity index (χ0v) is 15.4. The van der Waals surface area contributed by atoms with Crippen LogP contribution in [0.5, 0.6) is 0 Å². The molecular weight excluding hydrogens is 350 g/mol. The first-order valence-electron chi connectivity index (χ1n) is 8.20. The van der Waals surface area contributed by atoms with Crippen LogP contribution in [-0.4, -0.2) is 28.0 Å². The highest BCUT2D eigenvalue weighted by Gasteiger charge is 2.11. The molecule has 0 radical (unpaired) electrons. The standard InChI is InChI=1S/C20H20ClN3S/c21-19-5-2-15(3-6-19)14-24(10-8-22)20(25)12-16-1-4-18-13-23-9-7-17(18)11-16/h1-7,9,11,13H,8,10,12,14,22H2. The number of rotatable bonds is 6. The summed E-state index contributed by atoms with van der Waals surface area (Å²) in [5.41, 5.74) is 8.15. The zero-order valence-electron chi connectivity index (χ0n) is 13.9. The molecule has 3 aromatic rings. The Morgan fingerprint density at radius 2 is 1.80 bits per heavy atom. The number of thiocarbonyl (C=S) groups is 1. The van der Waals surface area contributed by atoms with Crippen LogP contribution in [0.15, 0.2) is 60.9 Å². The van der Waals surface area contributed by atoms with E-state index in [4.69, 9.17) is 29.6 Å². The second-order valence-corrected chi connectivity index (χ2v) is 6.87. The lowest BCUT2D eigenvalue weighted by Crippen LogP contribution is -2.34. The highest BCUT2D eigenvalue weighted by atomic mass is 35.5. The maximum atomic E-state index is 5.96. The average Bonchev–Trinajstić information content (AvgIpc) is 2.63. The third-order valence-corrected chi connectivity index (χ3v) is 4.75. The third-order valence-electron chi connectivity index (χ3n) is 4.10. The maximum absolute atomic E-state index is 5.96. The van der Waals surface area contributed by atoms with Crippen molar-refractivity contribution in [1.29, 1.82) is 0 Å². The fraction of sp³-hybridized carbons (Fsp3) is 0.200. The average molecular weight is 370 g/mol. The number of hydrogen-bond acceptors (Lipinski definition) is 3. The minimum atomic E-state index is 0.567. The van der Waals surface area contributed by atoms with Gasteiger partial charge in [0.15, 0.2) is 0 Å². The van der Waals surface area contributed by atoms with Gasteiger partial charge in [0, 0.05) is 48.9 Å². The summed E-state index contributed by atoms with van der Waals surface area (Å²) in [6.45, 7) is 2.04. The molecule has 0 saturated carbocycles. The first kappa shape index (κ1) is 17.8. The van der Waals surface area contributed by atoms with Crippen LogP contribution in [0, 0.1) is 0 Å². The molecule has 3 rings (SSSR count). The van der Waals surface area contributed by atoms with Gasteiger partial charge in [0.25, 0.3) is 0 Å². The molecule has 0 amide bonds. The first-order chi connectivity index (χ1) is 12.2. The van der Waals surface area contributed by atoms with E-state index in [-0.39, 0.29) is 0 Å². The van der Waals surface area contributed by atoms with E-state index in [1.807, 2.05) is 42.7 Å². The van der Waals surface area contributed by atoms with Gasteiger partial charge in [0.05, 0.1) is 4.99 Å². The van der Waals surface area contributed by atoms with Gasteiger partial charge in [-0.25, -0.2) is 0 Å². The lowest BCUT2D eigenvalue weighted by atomic mass is 10.1. The van der Waals surface area contributed by atoms with Crippen LogP contribution < -0.4 is 5.73 Å². The van der Waals surface area contributed by atoms with Gasteiger partial charge in [-0.3, -0.25) is 4.98 Å². The summed E-state index contributed by atoms with van der Waals surface area (Å²) in [5.74, 6) is 0. The van der Waals surface area contributed by atoms with Crippen molar-refractivity contribution in [1.82, 2.24) is 9.88 Å². The highest BCUT2D eigenvalue weighted by molar-refractivity contribution is 7.80. The number of halogens is 1. The van der Waals surface area contributed by atoms with Crippen LogP contribution in [0.2, 0.25) is 5.02 Å². The van der Waals surface area contributed by atoms with Gasteiger partial charge < -0.3 is 10.6 Å². The lowest BCUT2D eigenvalue weighted by Gasteiger charge is -2.25. The highest BCUT2D eigenvalue weighted by Crippen LogP contribution is 2.17. The van der Waals surface area contributed by atoms with Gasteiger partial charge in [0.1, 0.15) is 0 Å². The van der Waals surface area contributed by atoms with E-state index in [0.29, 0.717) is 6.54 Å². The van der Waals surface area contributed by atoms with Crippen LogP contribution in [0.1, 0.15) is 11.1 Å². The number of nitrogens with zero attached hydrogens (tertiary/aromatic N) is 2. The normalized spacial score (nSPS) is 10.8. The molecule has 0 unspecified atom stereocenters. The zero-order chi connectivity index (χ0) is 17.6. The Morgan fingerprint density at radius 1 is 1.04 bits per heavy atom. The second kappa shape index (κ2) is 8.39. The molecule has 0 saturated heterocycles. The van der Waals surface area contributed by atoms with Gasteiger partial charge in [-0.1, -0.05) is 54.2 Å². The van der Waals surface area contributed by atoms with Crippen molar-refractivity contribution >= 4 is 39.6 Å². The van der Waals surface area contributed by atoms with Crippen molar-refractivity contribution in [3.8, 4) is 0 Å². The van der Waals surface area contributed by atoms with Gasteiger partial charge in [0.2, 0.25) is 0 Å². The molecule has 0 bridgehead atoms. The molecular formula is C20H20ClN3S. The summed E-state index contributed by atoms with van der Waals surface area (Å²) in [5, 5.41) is 3.05. The lowest BCUT2D eigenvalue weighted by molar-refractivity contribution is 0.424. The molecule has 0 aliphatic carbocycles. The summed E-state index contributed by atoms with van der Waals surface area (Å²) >= 11 is 11.7. The van der Waals surface area contributed by atoms with Gasteiger partial charge in [-0.15, -0.1) is 0 Å². The molecule has 0 spiro atoms. The summed E-state index contributed by atoms with van der Waals surface area (Å²) in [4.78, 5) is 7.21. The van der Waals surface area contributed by atoms with Gasteiger partial charge in [-0.2, -0.15) is 0 Å². The number of hydrogen-bond donors (Lipinski definition) is 1. The Kier molecular flexibility index (Phi) is 5.97. The second-order valence-electron chi connectivity index (χ2n) is 5.96. The summed E-state index contributed by atoms with van der Waals surface area (Å²) in [6.07, 6.45) is 4.41. The first-order valence-corrected chi connectivity index (χ1v) is 8.99. The SMILES string of the molecule is NCCN(Cc1ccc(Cl)cc1)C(=S)Cc1ccc2cnccc2c1. The van der Waals surface area contributed by atoms with Crippen molar-refractivity contribution in [3.63, 3.8) is 0 Å². The topological polar surface area (TPSA) is 42.1 Å². The molecule has 5 heteroatoms. The largest absolute Gasteiger partial charge is 0.360 e. The minimum Gasteiger partial charge on any atom is -0.360 e. The van der Waals surface area contributed by atoms with Crippen molar-refractivity contribution < 1.29 is 0 Å². The molecule has 0 aliphatic rings. The van der Waals surface area contributed by atoms with E-state index >= 15 is 0 Å². The molecule has 2 N–H and O–H groups in total. The fourth-order valence-electron chi connectivity index (χ4n) is 2.79. The van der Waals surface area contributed by atoms with Crippen molar-refractivity contribution in [2.45, 2.75) is 13.0 Å². The number of benzene rings is 2. The van der Waals surface area contributed by atoms with E-state index in [0.717, 1.165) is 34.9 Å². The number of aromatic nitrogens is 1. The Bertz CT molecular complexity index is 864. The minimum absolute atomic E-state index is 0.567. The Labute approximate surface area is 158 Å². The Balaban J connectivity index is 1.73. The molecule has 1 heterocycles. The molecule has 3 nitrogen and oxygen atoms in total. The predicted octanol–water partition coefficient (Wildman–Crippen LogP) is 4.22. The quantitative estimate of drug-likeness (QED) is 0.660. The van der Waals surface area contributed by atoms with Crippen molar-refractivity contribution in [3.05, 3.63) is 77.1 Å². The Hall–Kier alpha value is -2.01. The maximum Gasteiger partial charge on any atom is 0.0827 e. The number of fused-ring (bicyclic) bond motifs is 1. The monoisotopic (exact) mass is 369 g/mol. The molecule has 0 atom stereocenters. The summed E-state index contributed by atoms with van der Waals surface area (Å²) in [7, 11) is 0. The van der Waals surface area contributed by atoms with Crippen LogP contribution in [-0.2, 0) is 13.0 Å². The van der Waals surface area contributed by atoms with E-state index < -0.39 is 0 Å². The fourth-order valence-corrected chi connectivity index (χ4v) is 3.24.